The van der Waals surface area contributed by atoms with Gasteiger partial charge in [-0.3, -0.25) is 9.69 Å². The minimum Gasteiger partial charge on any atom is -0.497 e. The first kappa shape index (κ1) is 22.2. The van der Waals surface area contributed by atoms with E-state index in [4.69, 9.17) is 14.2 Å². The van der Waals surface area contributed by atoms with E-state index in [-0.39, 0.29) is 5.78 Å². The van der Waals surface area contributed by atoms with E-state index in [9.17, 15) is 4.79 Å². The standard InChI is InChI=1S/C29H29NO4/c1-4-20-5-7-22(8-6-20)15-26-27(31)25-16-23-17-30(18-33-28(23)19(2)29(25)34-26)14-13-21-9-11-24(32-3)12-10-21/h5-12,15-16H,4,13-14,17-18H2,1-3H3/b26-15-. The first-order chi connectivity index (χ1) is 16.6. The quantitative estimate of drug-likeness (QED) is 0.455. The largest absolute Gasteiger partial charge is 0.497 e. The van der Waals surface area contributed by atoms with Crippen LogP contribution in [0.2, 0.25) is 0 Å². The number of ketones is 1. The van der Waals surface area contributed by atoms with Crippen LogP contribution in [0.3, 0.4) is 0 Å². The van der Waals surface area contributed by atoms with E-state index in [1.807, 2.05) is 43.3 Å². The van der Waals surface area contributed by atoms with Gasteiger partial charge in [0.1, 0.15) is 24.0 Å². The molecule has 0 aliphatic carbocycles. The van der Waals surface area contributed by atoms with Gasteiger partial charge in [-0.05, 0) is 60.7 Å². The average molecular weight is 456 g/mol. The lowest BCUT2D eigenvalue weighted by Gasteiger charge is -2.30. The zero-order valence-electron chi connectivity index (χ0n) is 19.9. The number of rotatable bonds is 6. The molecular weight excluding hydrogens is 426 g/mol. The van der Waals surface area contributed by atoms with E-state index in [2.05, 4.69) is 36.1 Å². The lowest BCUT2D eigenvalue weighted by Crippen LogP contribution is -2.34. The summed E-state index contributed by atoms with van der Waals surface area (Å²) >= 11 is 0. The number of aryl methyl sites for hydroxylation is 1. The number of ether oxygens (including phenoxy) is 3. The van der Waals surface area contributed by atoms with Gasteiger partial charge in [0.25, 0.3) is 0 Å². The number of hydrogen-bond acceptors (Lipinski definition) is 5. The number of benzene rings is 3. The Morgan fingerprint density at radius 1 is 1.03 bits per heavy atom. The number of allylic oxidation sites excluding steroid dienone is 1. The zero-order valence-corrected chi connectivity index (χ0v) is 19.9. The molecule has 0 aromatic heterocycles. The molecule has 0 bridgehead atoms. The Labute approximate surface area is 200 Å². The molecule has 2 heterocycles. The summed E-state index contributed by atoms with van der Waals surface area (Å²) in [6, 6.07) is 18.3. The van der Waals surface area contributed by atoms with E-state index < -0.39 is 0 Å². The highest BCUT2D eigenvalue weighted by Crippen LogP contribution is 2.43. The minimum atomic E-state index is -0.0733. The highest BCUT2D eigenvalue weighted by atomic mass is 16.5. The highest BCUT2D eigenvalue weighted by molar-refractivity contribution is 6.15. The molecule has 5 nitrogen and oxygen atoms in total. The van der Waals surface area contributed by atoms with Crippen LogP contribution in [0, 0.1) is 6.92 Å². The number of Topliss-reactive ketones (excluding diaryl/α,β-unsaturated/α-hetero) is 1. The third-order valence-corrected chi connectivity index (χ3v) is 6.56. The fourth-order valence-electron chi connectivity index (χ4n) is 4.52. The summed E-state index contributed by atoms with van der Waals surface area (Å²) < 4.78 is 17.4. The predicted molar refractivity (Wildman–Crippen MR) is 133 cm³/mol. The van der Waals surface area contributed by atoms with Crippen molar-refractivity contribution < 1.29 is 19.0 Å². The van der Waals surface area contributed by atoms with Crippen LogP contribution in [-0.4, -0.2) is 31.1 Å². The van der Waals surface area contributed by atoms with Gasteiger partial charge < -0.3 is 14.2 Å². The van der Waals surface area contributed by atoms with Gasteiger partial charge in [0.2, 0.25) is 5.78 Å². The van der Waals surface area contributed by atoms with Gasteiger partial charge in [-0.1, -0.05) is 43.3 Å². The number of hydrogen-bond donors (Lipinski definition) is 0. The van der Waals surface area contributed by atoms with E-state index in [1.165, 1.54) is 11.1 Å². The molecule has 174 valence electrons. The van der Waals surface area contributed by atoms with Gasteiger partial charge in [-0.25, -0.2) is 0 Å². The number of carbonyl (C=O) groups excluding carboxylic acids is 1. The second kappa shape index (κ2) is 9.35. The summed E-state index contributed by atoms with van der Waals surface area (Å²) in [6.45, 7) is 6.22. The van der Waals surface area contributed by atoms with Gasteiger partial charge in [0.15, 0.2) is 5.76 Å². The molecule has 0 fully saturated rings. The van der Waals surface area contributed by atoms with E-state index in [1.54, 1.807) is 7.11 Å². The van der Waals surface area contributed by atoms with E-state index in [0.717, 1.165) is 54.1 Å². The Morgan fingerprint density at radius 3 is 2.47 bits per heavy atom. The summed E-state index contributed by atoms with van der Waals surface area (Å²) in [5.41, 5.74) is 6.01. The van der Waals surface area contributed by atoms with Crippen molar-refractivity contribution in [1.29, 1.82) is 0 Å². The molecule has 3 aromatic carbocycles. The Kier molecular flexibility index (Phi) is 6.12. The molecule has 5 rings (SSSR count). The molecule has 0 saturated carbocycles. The molecule has 0 spiro atoms. The fraction of sp³-hybridized carbons (Fsp3) is 0.276. The van der Waals surface area contributed by atoms with Crippen molar-refractivity contribution in [1.82, 2.24) is 4.90 Å². The smallest absolute Gasteiger partial charge is 0.231 e. The highest BCUT2D eigenvalue weighted by Gasteiger charge is 2.33. The van der Waals surface area contributed by atoms with Crippen molar-refractivity contribution in [2.75, 3.05) is 20.4 Å². The van der Waals surface area contributed by atoms with Crippen molar-refractivity contribution in [3.63, 3.8) is 0 Å². The molecule has 0 N–H and O–H groups in total. The number of fused-ring (bicyclic) bond motifs is 2. The molecule has 5 heteroatoms. The molecule has 0 amide bonds. The van der Waals surface area contributed by atoms with Crippen molar-refractivity contribution in [3.8, 4) is 17.2 Å². The summed E-state index contributed by atoms with van der Waals surface area (Å²) in [4.78, 5) is 15.4. The first-order valence-electron chi connectivity index (χ1n) is 11.7. The van der Waals surface area contributed by atoms with Gasteiger partial charge in [-0.15, -0.1) is 0 Å². The maximum Gasteiger partial charge on any atom is 0.231 e. The van der Waals surface area contributed by atoms with Gasteiger partial charge >= 0.3 is 0 Å². The molecule has 0 unspecified atom stereocenters. The maximum absolute atomic E-state index is 13.1. The molecule has 0 radical (unpaired) electrons. The van der Waals surface area contributed by atoms with Crippen LogP contribution in [0.25, 0.3) is 6.08 Å². The Hall–Kier alpha value is -3.57. The van der Waals surface area contributed by atoms with Crippen molar-refractivity contribution in [2.24, 2.45) is 0 Å². The molecule has 3 aromatic rings. The SMILES string of the molecule is CCc1ccc(/C=C2\Oc3c(cc4c(c3C)OCN(CCc3ccc(OC)cc3)C4)C2=O)cc1. The third-order valence-electron chi connectivity index (χ3n) is 6.56. The average Bonchev–Trinajstić information content (AvgIpc) is 3.18. The monoisotopic (exact) mass is 455 g/mol. The Balaban J connectivity index is 1.32. The third kappa shape index (κ3) is 4.31. The topological polar surface area (TPSA) is 48.0 Å². The lowest BCUT2D eigenvalue weighted by atomic mass is 9.99. The molecule has 2 aliphatic rings. The lowest BCUT2D eigenvalue weighted by molar-refractivity contribution is 0.0954. The summed E-state index contributed by atoms with van der Waals surface area (Å²) in [7, 11) is 1.68. The van der Waals surface area contributed by atoms with Crippen LogP contribution in [0.15, 0.2) is 60.4 Å². The molecule has 0 atom stereocenters. The van der Waals surface area contributed by atoms with Gasteiger partial charge in [0, 0.05) is 24.2 Å². The molecule has 34 heavy (non-hydrogen) atoms. The second-order valence-electron chi connectivity index (χ2n) is 8.83. The van der Waals surface area contributed by atoms with Crippen LogP contribution in [0.5, 0.6) is 17.2 Å². The van der Waals surface area contributed by atoms with E-state index in [0.29, 0.717) is 23.8 Å². The Bertz CT molecular complexity index is 1240. The summed E-state index contributed by atoms with van der Waals surface area (Å²) in [5, 5.41) is 0. The summed E-state index contributed by atoms with van der Waals surface area (Å²) in [6.07, 6.45) is 3.72. The van der Waals surface area contributed by atoms with Crippen molar-refractivity contribution >= 4 is 11.9 Å². The molecule has 2 aliphatic heterocycles. The predicted octanol–water partition coefficient (Wildman–Crippen LogP) is 5.58. The van der Waals surface area contributed by atoms with Crippen molar-refractivity contribution in [3.05, 3.63) is 93.7 Å². The fourth-order valence-corrected chi connectivity index (χ4v) is 4.52. The number of carbonyl (C=O) groups is 1. The minimum absolute atomic E-state index is 0.0733. The second-order valence-corrected chi connectivity index (χ2v) is 8.83. The number of methoxy groups -OCH3 is 1. The zero-order chi connectivity index (χ0) is 23.7. The van der Waals surface area contributed by atoms with Crippen LogP contribution in [-0.2, 0) is 19.4 Å². The first-order valence-corrected chi connectivity index (χ1v) is 11.7. The molecule has 0 saturated heterocycles. The maximum atomic E-state index is 13.1. The van der Waals surface area contributed by atoms with Crippen molar-refractivity contribution in [2.45, 2.75) is 33.2 Å². The molecular formula is C29H29NO4. The number of nitrogens with zero attached hydrogens (tertiary/aromatic N) is 1. The van der Waals surface area contributed by atoms with Crippen LogP contribution < -0.4 is 14.2 Å². The van der Waals surface area contributed by atoms with Crippen LogP contribution in [0.4, 0.5) is 0 Å². The van der Waals surface area contributed by atoms with Crippen LogP contribution in [0.1, 0.15) is 45.1 Å². The Morgan fingerprint density at radius 2 is 1.76 bits per heavy atom. The van der Waals surface area contributed by atoms with Crippen LogP contribution >= 0.6 is 0 Å². The summed E-state index contributed by atoms with van der Waals surface area (Å²) in [5.74, 6) is 2.60. The van der Waals surface area contributed by atoms with E-state index >= 15 is 0 Å². The normalized spacial score (nSPS) is 16.1. The van der Waals surface area contributed by atoms with Gasteiger partial charge in [0.05, 0.1) is 12.7 Å². The van der Waals surface area contributed by atoms with Gasteiger partial charge in [-0.2, -0.15) is 0 Å².